The van der Waals surface area contributed by atoms with Crippen molar-refractivity contribution in [2.24, 2.45) is 0 Å². The van der Waals surface area contributed by atoms with Gasteiger partial charge in [-0.25, -0.2) is 0 Å². The SMILES string of the molecule is Nc1ccc(OCc2ccc(Br)s2)c(C(F)(F)F)c1. The van der Waals surface area contributed by atoms with Crippen LogP contribution >= 0.6 is 27.3 Å². The Morgan fingerprint density at radius 2 is 1.95 bits per heavy atom. The largest absolute Gasteiger partial charge is 0.487 e. The molecule has 0 aliphatic rings. The minimum Gasteiger partial charge on any atom is -0.487 e. The summed E-state index contributed by atoms with van der Waals surface area (Å²) < 4.78 is 44.6. The van der Waals surface area contributed by atoms with Crippen LogP contribution in [-0.4, -0.2) is 0 Å². The highest BCUT2D eigenvalue weighted by Crippen LogP contribution is 2.38. The first-order chi connectivity index (χ1) is 8.86. The molecule has 102 valence electrons. The molecule has 1 aromatic carbocycles. The van der Waals surface area contributed by atoms with Gasteiger partial charge in [0.05, 0.1) is 9.35 Å². The zero-order valence-electron chi connectivity index (χ0n) is 9.50. The second kappa shape index (κ2) is 5.42. The minimum atomic E-state index is -4.49. The van der Waals surface area contributed by atoms with E-state index in [2.05, 4.69) is 15.9 Å². The fourth-order valence-corrected chi connectivity index (χ4v) is 2.87. The number of hydrogen-bond acceptors (Lipinski definition) is 3. The maximum Gasteiger partial charge on any atom is 0.420 e. The summed E-state index contributed by atoms with van der Waals surface area (Å²) in [6, 6.07) is 7.10. The van der Waals surface area contributed by atoms with Crippen molar-refractivity contribution in [2.75, 3.05) is 5.73 Å². The van der Waals surface area contributed by atoms with E-state index < -0.39 is 11.7 Å². The molecule has 2 N–H and O–H groups in total. The molecule has 0 radical (unpaired) electrons. The zero-order valence-corrected chi connectivity index (χ0v) is 11.9. The van der Waals surface area contributed by atoms with Crippen molar-refractivity contribution in [2.45, 2.75) is 12.8 Å². The van der Waals surface area contributed by atoms with E-state index in [1.54, 1.807) is 6.07 Å². The van der Waals surface area contributed by atoms with E-state index in [1.807, 2.05) is 6.07 Å². The van der Waals surface area contributed by atoms with Crippen LogP contribution in [0.2, 0.25) is 0 Å². The normalized spacial score (nSPS) is 11.6. The summed E-state index contributed by atoms with van der Waals surface area (Å²) in [6.45, 7) is 0.0866. The summed E-state index contributed by atoms with van der Waals surface area (Å²) in [5.74, 6) is -0.216. The first-order valence-electron chi connectivity index (χ1n) is 5.20. The number of rotatable bonds is 3. The molecule has 0 atom stereocenters. The molecule has 0 fully saturated rings. The lowest BCUT2D eigenvalue weighted by Gasteiger charge is -2.14. The summed E-state index contributed by atoms with van der Waals surface area (Å²) in [7, 11) is 0. The molecule has 2 aromatic rings. The highest BCUT2D eigenvalue weighted by Gasteiger charge is 2.34. The Morgan fingerprint density at radius 3 is 2.53 bits per heavy atom. The van der Waals surface area contributed by atoms with Gasteiger partial charge < -0.3 is 10.5 Å². The monoisotopic (exact) mass is 351 g/mol. The number of ether oxygens (including phenoxy) is 1. The topological polar surface area (TPSA) is 35.2 Å². The lowest BCUT2D eigenvalue weighted by atomic mass is 10.1. The predicted molar refractivity (Wildman–Crippen MR) is 72.2 cm³/mol. The van der Waals surface area contributed by atoms with E-state index in [-0.39, 0.29) is 18.0 Å². The molecule has 0 spiro atoms. The third kappa shape index (κ3) is 3.63. The molecule has 0 saturated heterocycles. The molecular formula is C12H9BrF3NOS. The lowest BCUT2D eigenvalue weighted by molar-refractivity contribution is -0.139. The second-order valence-corrected chi connectivity index (χ2v) is 6.30. The maximum atomic E-state index is 12.8. The molecule has 2 rings (SSSR count). The summed E-state index contributed by atoms with van der Waals surface area (Å²) >= 11 is 4.69. The van der Waals surface area contributed by atoms with Gasteiger partial charge in [-0.2, -0.15) is 13.2 Å². The van der Waals surface area contributed by atoms with Crippen LogP contribution in [0.3, 0.4) is 0 Å². The van der Waals surface area contributed by atoms with E-state index in [4.69, 9.17) is 10.5 Å². The molecule has 0 aliphatic carbocycles. The standard InChI is InChI=1S/C12H9BrF3NOS/c13-11-4-2-8(19-11)6-18-10-3-1-7(17)5-9(10)12(14,15)16/h1-5H,6,17H2. The van der Waals surface area contributed by atoms with E-state index >= 15 is 0 Å². The molecule has 0 aliphatic heterocycles. The summed E-state index contributed by atoms with van der Waals surface area (Å²) in [4.78, 5) is 0.830. The van der Waals surface area contributed by atoms with Crippen LogP contribution < -0.4 is 10.5 Å². The van der Waals surface area contributed by atoms with E-state index in [9.17, 15) is 13.2 Å². The number of alkyl halides is 3. The van der Waals surface area contributed by atoms with Crippen molar-refractivity contribution < 1.29 is 17.9 Å². The van der Waals surface area contributed by atoms with E-state index in [0.717, 1.165) is 14.7 Å². The van der Waals surface area contributed by atoms with Gasteiger partial charge in [-0.05, 0) is 46.3 Å². The lowest BCUT2D eigenvalue weighted by Crippen LogP contribution is -2.09. The van der Waals surface area contributed by atoms with Gasteiger partial charge in [-0.3, -0.25) is 0 Å². The Hall–Kier alpha value is -1.21. The Bertz CT molecular complexity index is 583. The van der Waals surface area contributed by atoms with Gasteiger partial charge in [-0.1, -0.05) is 0 Å². The maximum absolute atomic E-state index is 12.8. The Morgan fingerprint density at radius 1 is 1.21 bits per heavy atom. The van der Waals surface area contributed by atoms with Gasteiger partial charge in [0.25, 0.3) is 0 Å². The smallest absolute Gasteiger partial charge is 0.420 e. The van der Waals surface area contributed by atoms with E-state index in [0.29, 0.717) is 0 Å². The Labute approximate surface area is 120 Å². The molecule has 2 nitrogen and oxygen atoms in total. The molecule has 1 heterocycles. The first kappa shape index (κ1) is 14.2. The van der Waals surface area contributed by atoms with Crippen LogP contribution in [0.25, 0.3) is 0 Å². The minimum absolute atomic E-state index is 0.0542. The summed E-state index contributed by atoms with van der Waals surface area (Å²) in [5.41, 5.74) is 4.57. The number of nitrogens with two attached hydrogens (primary N) is 1. The third-order valence-corrected chi connectivity index (χ3v) is 3.90. The van der Waals surface area contributed by atoms with Crippen LogP contribution in [0.1, 0.15) is 10.4 Å². The van der Waals surface area contributed by atoms with Gasteiger partial charge in [0.1, 0.15) is 12.4 Å². The van der Waals surface area contributed by atoms with Gasteiger partial charge >= 0.3 is 6.18 Å². The Kier molecular flexibility index (Phi) is 4.05. The predicted octanol–water partition coefficient (Wildman–Crippen LogP) is 4.69. The highest BCUT2D eigenvalue weighted by atomic mass is 79.9. The van der Waals surface area contributed by atoms with Crippen molar-refractivity contribution in [1.29, 1.82) is 0 Å². The number of hydrogen-bond donors (Lipinski definition) is 1. The van der Waals surface area contributed by atoms with Gasteiger partial charge in [0.15, 0.2) is 0 Å². The number of thiophene rings is 1. The van der Waals surface area contributed by atoms with Crippen molar-refractivity contribution in [3.05, 3.63) is 44.6 Å². The molecular weight excluding hydrogens is 343 g/mol. The van der Waals surface area contributed by atoms with Crippen molar-refractivity contribution in [1.82, 2.24) is 0 Å². The van der Waals surface area contributed by atoms with E-state index in [1.165, 1.54) is 23.5 Å². The highest BCUT2D eigenvalue weighted by molar-refractivity contribution is 9.11. The fourth-order valence-electron chi connectivity index (χ4n) is 1.47. The quantitative estimate of drug-likeness (QED) is 0.814. The average Bonchev–Trinajstić information content (AvgIpc) is 2.72. The van der Waals surface area contributed by atoms with Crippen LogP contribution in [0, 0.1) is 0 Å². The number of nitrogen functional groups attached to an aromatic ring is 1. The molecule has 7 heteroatoms. The number of halogens is 4. The number of benzene rings is 1. The van der Waals surface area contributed by atoms with Crippen LogP contribution in [0.15, 0.2) is 34.1 Å². The average molecular weight is 352 g/mol. The van der Waals surface area contributed by atoms with Crippen LogP contribution in [0.4, 0.5) is 18.9 Å². The molecule has 19 heavy (non-hydrogen) atoms. The molecule has 1 aromatic heterocycles. The fraction of sp³-hybridized carbons (Fsp3) is 0.167. The van der Waals surface area contributed by atoms with Crippen molar-refractivity contribution in [3.63, 3.8) is 0 Å². The zero-order chi connectivity index (χ0) is 14.0. The van der Waals surface area contributed by atoms with Crippen LogP contribution in [-0.2, 0) is 12.8 Å². The third-order valence-electron chi connectivity index (χ3n) is 2.31. The first-order valence-corrected chi connectivity index (χ1v) is 6.81. The van der Waals surface area contributed by atoms with Crippen LogP contribution in [0.5, 0.6) is 5.75 Å². The molecule has 0 saturated carbocycles. The number of anilines is 1. The molecule has 0 unspecified atom stereocenters. The second-order valence-electron chi connectivity index (χ2n) is 3.75. The Balaban J connectivity index is 2.20. The van der Waals surface area contributed by atoms with Gasteiger partial charge in [0, 0.05) is 10.6 Å². The molecule has 0 amide bonds. The summed E-state index contributed by atoms with van der Waals surface area (Å²) in [5, 5.41) is 0. The van der Waals surface area contributed by atoms with Crippen molar-refractivity contribution >= 4 is 33.0 Å². The molecule has 0 bridgehead atoms. The van der Waals surface area contributed by atoms with Crippen molar-refractivity contribution in [3.8, 4) is 5.75 Å². The summed E-state index contributed by atoms with van der Waals surface area (Å²) in [6.07, 6.45) is -4.49. The van der Waals surface area contributed by atoms with Gasteiger partial charge in [-0.15, -0.1) is 11.3 Å². The van der Waals surface area contributed by atoms with Gasteiger partial charge in [0.2, 0.25) is 0 Å².